The van der Waals surface area contributed by atoms with E-state index < -0.39 is 5.54 Å². The van der Waals surface area contributed by atoms with Gasteiger partial charge in [-0.1, -0.05) is 20.8 Å². The number of hydrogen-bond donors (Lipinski definition) is 3. The zero-order valence-electron chi connectivity index (χ0n) is 9.21. The van der Waals surface area contributed by atoms with Crippen molar-refractivity contribution in [3.8, 4) is 0 Å². The van der Waals surface area contributed by atoms with Gasteiger partial charge in [-0.05, 0) is 12.8 Å². The predicted molar refractivity (Wildman–Crippen MR) is 54.8 cm³/mol. The Morgan fingerprint density at radius 3 is 2.14 bits per heavy atom. The first-order valence-electron chi connectivity index (χ1n) is 5.09. The molecular weight excluding hydrogens is 182 g/mol. The summed E-state index contributed by atoms with van der Waals surface area (Å²) in [6.07, 6.45) is 1.27. The molecule has 0 spiro atoms. The number of rotatable bonds is 6. The zero-order chi connectivity index (χ0) is 11.2. The molecule has 0 bridgehead atoms. The minimum absolute atomic E-state index is 0.0842. The lowest BCUT2D eigenvalue weighted by atomic mass is 9.96. The van der Waals surface area contributed by atoms with Crippen LogP contribution in [0.15, 0.2) is 0 Å². The van der Waals surface area contributed by atoms with Crippen LogP contribution >= 0.6 is 0 Å². The second-order valence-corrected chi connectivity index (χ2v) is 3.75. The molecule has 4 nitrogen and oxygen atoms in total. The summed E-state index contributed by atoms with van der Waals surface area (Å²) in [5, 5.41) is 20.9. The van der Waals surface area contributed by atoms with Crippen molar-refractivity contribution in [2.24, 2.45) is 5.92 Å². The number of aliphatic hydroxyl groups is 2. The number of carbonyl (C=O) groups is 1. The molecule has 0 heterocycles. The van der Waals surface area contributed by atoms with Crippen LogP contribution in [0.3, 0.4) is 0 Å². The zero-order valence-corrected chi connectivity index (χ0v) is 9.21. The smallest absolute Gasteiger partial charge is 0.223 e. The second kappa shape index (κ2) is 5.98. The first kappa shape index (κ1) is 13.4. The van der Waals surface area contributed by atoms with E-state index >= 15 is 0 Å². The molecule has 0 fully saturated rings. The van der Waals surface area contributed by atoms with Gasteiger partial charge in [-0.15, -0.1) is 0 Å². The fourth-order valence-corrected chi connectivity index (χ4v) is 1.01. The first-order chi connectivity index (χ1) is 6.55. The molecule has 3 N–H and O–H groups in total. The van der Waals surface area contributed by atoms with Crippen molar-refractivity contribution in [2.75, 3.05) is 13.2 Å². The highest BCUT2D eigenvalue weighted by Gasteiger charge is 2.29. The number of hydrogen-bond acceptors (Lipinski definition) is 3. The minimum Gasteiger partial charge on any atom is -0.394 e. The number of amides is 1. The van der Waals surface area contributed by atoms with Gasteiger partial charge in [-0.25, -0.2) is 0 Å². The highest BCUT2D eigenvalue weighted by molar-refractivity contribution is 5.79. The normalized spacial score (nSPS) is 13.8. The van der Waals surface area contributed by atoms with Crippen LogP contribution in [0.25, 0.3) is 0 Å². The van der Waals surface area contributed by atoms with Gasteiger partial charge in [0.1, 0.15) is 0 Å². The van der Waals surface area contributed by atoms with Gasteiger partial charge >= 0.3 is 0 Å². The van der Waals surface area contributed by atoms with Gasteiger partial charge in [0.2, 0.25) is 5.91 Å². The molecule has 0 rings (SSSR count). The molecule has 84 valence electrons. The van der Waals surface area contributed by atoms with Gasteiger partial charge in [0.25, 0.3) is 0 Å². The molecule has 0 saturated heterocycles. The van der Waals surface area contributed by atoms with Crippen LogP contribution < -0.4 is 5.32 Å². The maximum atomic E-state index is 11.5. The van der Waals surface area contributed by atoms with E-state index in [0.29, 0.717) is 6.42 Å². The van der Waals surface area contributed by atoms with Gasteiger partial charge in [0.15, 0.2) is 0 Å². The fourth-order valence-electron chi connectivity index (χ4n) is 1.01. The lowest BCUT2D eigenvalue weighted by molar-refractivity contribution is -0.128. The van der Waals surface area contributed by atoms with Crippen LogP contribution in [0.1, 0.15) is 33.6 Å². The summed E-state index contributed by atoms with van der Waals surface area (Å²) >= 11 is 0. The highest BCUT2D eigenvalue weighted by Crippen LogP contribution is 2.10. The molecule has 1 unspecified atom stereocenters. The average molecular weight is 203 g/mol. The third kappa shape index (κ3) is 3.27. The van der Waals surface area contributed by atoms with Crippen molar-refractivity contribution < 1.29 is 15.0 Å². The summed E-state index contributed by atoms with van der Waals surface area (Å²) in [4.78, 5) is 11.5. The van der Waals surface area contributed by atoms with Crippen LogP contribution in [0.4, 0.5) is 0 Å². The largest absolute Gasteiger partial charge is 0.394 e. The van der Waals surface area contributed by atoms with Crippen molar-refractivity contribution in [1.29, 1.82) is 0 Å². The lowest BCUT2D eigenvalue weighted by Gasteiger charge is -2.30. The monoisotopic (exact) mass is 203 g/mol. The lowest BCUT2D eigenvalue weighted by Crippen LogP contribution is -2.55. The quantitative estimate of drug-likeness (QED) is 0.581. The molecule has 4 heteroatoms. The van der Waals surface area contributed by atoms with Gasteiger partial charge in [0.05, 0.1) is 18.8 Å². The van der Waals surface area contributed by atoms with E-state index in [4.69, 9.17) is 10.2 Å². The molecular formula is C10H21NO3. The van der Waals surface area contributed by atoms with Gasteiger partial charge < -0.3 is 15.5 Å². The molecule has 0 radical (unpaired) electrons. The molecule has 0 aliphatic rings. The minimum atomic E-state index is -0.861. The van der Waals surface area contributed by atoms with Crippen molar-refractivity contribution in [3.05, 3.63) is 0 Å². The molecule has 1 amide bonds. The standard InChI is InChI=1S/C10H21NO3/c1-4-8(3)9(14)11-10(5-2,6-12)7-13/h8,12-13H,4-7H2,1-3H3,(H,11,14). The Labute approximate surface area is 85.3 Å². The van der Waals surface area contributed by atoms with Crippen molar-refractivity contribution >= 4 is 5.91 Å². The van der Waals surface area contributed by atoms with E-state index in [1.165, 1.54) is 0 Å². The third-order valence-corrected chi connectivity index (χ3v) is 2.73. The van der Waals surface area contributed by atoms with E-state index in [-0.39, 0.29) is 25.0 Å². The SMILES string of the molecule is CCC(C)C(=O)NC(CC)(CO)CO. The Morgan fingerprint density at radius 2 is 1.86 bits per heavy atom. The van der Waals surface area contributed by atoms with E-state index in [2.05, 4.69) is 5.32 Å². The van der Waals surface area contributed by atoms with E-state index in [9.17, 15) is 4.79 Å². The average Bonchev–Trinajstić information content (AvgIpc) is 2.24. The highest BCUT2D eigenvalue weighted by atomic mass is 16.3. The summed E-state index contributed by atoms with van der Waals surface area (Å²) in [5.41, 5.74) is -0.861. The van der Waals surface area contributed by atoms with Gasteiger partial charge in [-0.2, -0.15) is 0 Å². The molecule has 0 aliphatic heterocycles. The van der Waals surface area contributed by atoms with Crippen LogP contribution in [-0.4, -0.2) is 34.9 Å². The van der Waals surface area contributed by atoms with Crippen LogP contribution in [0.5, 0.6) is 0 Å². The van der Waals surface area contributed by atoms with Crippen LogP contribution in [-0.2, 0) is 4.79 Å². The van der Waals surface area contributed by atoms with E-state index in [1.54, 1.807) is 0 Å². The maximum absolute atomic E-state index is 11.5. The van der Waals surface area contributed by atoms with Crippen molar-refractivity contribution in [2.45, 2.75) is 39.2 Å². The van der Waals surface area contributed by atoms with Crippen molar-refractivity contribution in [1.82, 2.24) is 5.32 Å². The Bertz CT molecular complexity index is 170. The summed E-state index contributed by atoms with van der Waals surface area (Å²) in [5.74, 6) is -0.198. The van der Waals surface area contributed by atoms with Crippen LogP contribution in [0, 0.1) is 5.92 Å². The molecule has 0 aromatic heterocycles. The Balaban J connectivity index is 4.37. The predicted octanol–water partition coefficient (Wildman–Crippen LogP) is 0.282. The van der Waals surface area contributed by atoms with Crippen LogP contribution in [0.2, 0.25) is 0 Å². The van der Waals surface area contributed by atoms with E-state index in [0.717, 1.165) is 6.42 Å². The first-order valence-corrected chi connectivity index (χ1v) is 5.09. The van der Waals surface area contributed by atoms with Gasteiger partial charge in [0, 0.05) is 5.92 Å². The summed E-state index contributed by atoms with van der Waals surface area (Å²) in [6, 6.07) is 0. The maximum Gasteiger partial charge on any atom is 0.223 e. The molecule has 0 aromatic carbocycles. The molecule has 1 atom stereocenters. The second-order valence-electron chi connectivity index (χ2n) is 3.75. The summed E-state index contributed by atoms with van der Waals surface area (Å²) in [7, 11) is 0. The van der Waals surface area contributed by atoms with E-state index in [1.807, 2.05) is 20.8 Å². The van der Waals surface area contributed by atoms with Gasteiger partial charge in [-0.3, -0.25) is 4.79 Å². The topological polar surface area (TPSA) is 69.6 Å². The fraction of sp³-hybridized carbons (Fsp3) is 0.900. The number of nitrogens with one attached hydrogen (secondary N) is 1. The molecule has 14 heavy (non-hydrogen) atoms. The van der Waals surface area contributed by atoms with Crippen molar-refractivity contribution in [3.63, 3.8) is 0 Å². The molecule has 0 aliphatic carbocycles. The molecule has 0 aromatic rings. The number of carbonyl (C=O) groups excluding carboxylic acids is 1. The summed E-state index contributed by atoms with van der Waals surface area (Å²) < 4.78 is 0. The Kier molecular flexibility index (Phi) is 5.72. The summed E-state index contributed by atoms with van der Waals surface area (Å²) in [6.45, 7) is 5.11. The Morgan fingerprint density at radius 1 is 1.36 bits per heavy atom. The number of aliphatic hydroxyl groups excluding tert-OH is 2. The Hall–Kier alpha value is -0.610. The third-order valence-electron chi connectivity index (χ3n) is 2.73. The molecule has 0 saturated carbocycles.